The fourth-order valence-electron chi connectivity index (χ4n) is 2.83. The normalized spacial score (nSPS) is 35.5. The zero-order valence-electron chi connectivity index (χ0n) is 9.37. The van der Waals surface area contributed by atoms with Crippen LogP contribution in [0, 0.1) is 11.3 Å². The molecule has 0 radical (unpaired) electrons. The van der Waals surface area contributed by atoms with Gasteiger partial charge < -0.3 is 10.2 Å². The molecule has 0 aliphatic heterocycles. The maximum atomic E-state index is 9.52. The summed E-state index contributed by atoms with van der Waals surface area (Å²) >= 11 is 0. The maximum Gasteiger partial charge on any atom is 0.0526 e. The van der Waals surface area contributed by atoms with Crippen LogP contribution in [0.4, 0.5) is 0 Å². The smallest absolute Gasteiger partial charge is 0.0526 e. The van der Waals surface area contributed by atoms with E-state index in [0.717, 1.165) is 12.8 Å². The van der Waals surface area contributed by atoms with Crippen LogP contribution in [0.2, 0.25) is 0 Å². The van der Waals surface area contributed by atoms with Crippen molar-refractivity contribution in [3.63, 3.8) is 0 Å². The van der Waals surface area contributed by atoms with E-state index in [1.54, 1.807) is 0 Å². The molecule has 0 aromatic rings. The highest BCUT2D eigenvalue weighted by Gasteiger charge is 2.37. The number of allylic oxidation sites excluding steroid dienone is 2. The lowest BCUT2D eigenvalue weighted by atomic mass is 9.66. The van der Waals surface area contributed by atoms with Crippen molar-refractivity contribution >= 4 is 0 Å². The molecule has 0 aromatic carbocycles. The van der Waals surface area contributed by atoms with Crippen molar-refractivity contribution in [2.24, 2.45) is 11.3 Å². The SMILES string of the molecule is C[C@]1(CO)C=CC2=C(CCCC2)[C@H]1CO. The molecule has 0 bridgehead atoms. The van der Waals surface area contributed by atoms with E-state index in [0.29, 0.717) is 0 Å². The highest BCUT2D eigenvalue weighted by Crippen LogP contribution is 2.44. The summed E-state index contributed by atoms with van der Waals surface area (Å²) in [6, 6.07) is 0. The third-order valence-electron chi connectivity index (χ3n) is 3.96. The van der Waals surface area contributed by atoms with E-state index in [1.165, 1.54) is 24.0 Å². The van der Waals surface area contributed by atoms with Crippen molar-refractivity contribution in [2.45, 2.75) is 32.6 Å². The van der Waals surface area contributed by atoms with Crippen molar-refractivity contribution in [1.82, 2.24) is 0 Å². The lowest BCUT2D eigenvalue weighted by Crippen LogP contribution is -2.36. The number of hydrogen-bond donors (Lipinski definition) is 2. The molecule has 84 valence electrons. The topological polar surface area (TPSA) is 40.5 Å². The van der Waals surface area contributed by atoms with Crippen molar-refractivity contribution in [3.8, 4) is 0 Å². The Balaban J connectivity index is 2.34. The second-order valence-electron chi connectivity index (χ2n) is 4.99. The summed E-state index contributed by atoms with van der Waals surface area (Å²) in [6.45, 7) is 2.30. The highest BCUT2D eigenvalue weighted by molar-refractivity contribution is 5.36. The molecule has 0 saturated heterocycles. The molecule has 0 aromatic heterocycles. The molecule has 0 fully saturated rings. The van der Waals surface area contributed by atoms with Crippen LogP contribution in [0.3, 0.4) is 0 Å². The summed E-state index contributed by atoms with van der Waals surface area (Å²) in [5, 5.41) is 19.0. The average molecular weight is 208 g/mol. The van der Waals surface area contributed by atoms with Crippen LogP contribution >= 0.6 is 0 Å². The van der Waals surface area contributed by atoms with Crippen molar-refractivity contribution in [3.05, 3.63) is 23.3 Å². The first-order valence-corrected chi connectivity index (χ1v) is 5.84. The van der Waals surface area contributed by atoms with Crippen molar-refractivity contribution in [2.75, 3.05) is 13.2 Å². The van der Waals surface area contributed by atoms with Crippen molar-refractivity contribution in [1.29, 1.82) is 0 Å². The Morgan fingerprint density at radius 1 is 1.33 bits per heavy atom. The fourth-order valence-corrected chi connectivity index (χ4v) is 2.83. The minimum atomic E-state index is -0.259. The first-order chi connectivity index (χ1) is 7.21. The maximum absolute atomic E-state index is 9.52. The molecule has 0 saturated carbocycles. The zero-order valence-corrected chi connectivity index (χ0v) is 9.37. The third-order valence-corrected chi connectivity index (χ3v) is 3.96. The highest BCUT2D eigenvalue weighted by atomic mass is 16.3. The quantitative estimate of drug-likeness (QED) is 0.729. The predicted molar refractivity (Wildman–Crippen MR) is 60.4 cm³/mol. The molecule has 0 spiro atoms. The van der Waals surface area contributed by atoms with Gasteiger partial charge in [0.1, 0.15) is 0 Å². The lowest BCUT2D eigenvalue weighted by Gasteiger charge is -2.40. The zero-order chi connectivity index (χ0) is 10.9. The Kier molecular flexibility index (Phi) is 2.98. The van der Waals surface area contributed by atoms with Crippen molar-refractivity contribution < 1.29 is 10.2 Å². The lowest BCUT2D eigenvalue weighted by molar-refractivity contribution is 0.0923. The van der Waals surface area contributed by atoms with E-state index < -0.39 is 0 Å². The van der Waals surface area contributed by atoms with Crippen LogP contribution in [-0.4, -0.2) is 23.4 Å². The van der Waals surface area contributed by atoms with Crippen LogP contribution in [0.1, 0.15) is 32.6 Å². The van der Waals surface area contributed by atoms with Gasteiger partial charge in [-0.15, -0.1) is 0 Å². The van der Waals surface area contributed by atoms with Gasteiger partial charge in [-0.05, 0) is 31.3 Å². The van der Waals surface area contributed by atoms with Gasteiger partial charge in [-0.25, -0.2) is 0 Å². The van der Waals surface area contributed by atoms with Crippen LogP contribution < -0.4 is 0 Å². The molecule has 0 unspecified atom stereocenters. The second kappa shape index (κ2) is 4.11. The summed E-state index contributed by atoms with van der Waals surface area (Å²) in [4.78, 5) is 0. The summed E-state index contributed by atoms with van der Waals surface area (Å²) in [6.07, 6.45) is 8.97. The second-order valence-corrected chi connectivity index (χ2v) is 4.99. The van der Waals surface area contributed by atoms with Gasteiger partial charge in [0.2, 0.25) is 0 Å². The molecule has 0 heterocycles. The molecule has 2 N–H and O–H groups in total. The van der Waals surface area contributed by atoms with Gasteiger partial charge in [0.25, 0.3) is 0 Å². The summed E-state index contributed by atoms with van der Waals surface area (Å²) < 4.78 is 0. The van der Waals surface area contributed by atoms with Gasteiger partial charge in [-0.3, -0.25) is 0 Å². The number of aliphatic hydroxyl groups is 2. The summed E-state index contributed by atoms with van der Waals surface area (Å²) in [5.41, 5.74) is 2.54. The number of aliphatic hydroxyl groups excluding tert-OH is 2. The van der Waals surface area contributed by atoms with Gasteiger partial charge in [0.15, 0.2) is 0 Å². The Morgan fingerprint density at radius 3 is 2.73 bits per heavy atom. The number of hydrogen-bond acceptors (Lipinski definition) is 2. The molecular formula is C13H20O2. The number of rotatable bonds is 2. The molecule has 2 aliphatic rings. The minimum absolute atomic E-state index is 0.117. The van der Waals surface area contributed by atoms with Crippen LogP contribution in [0.25, 0.3) is 0 Å². The van der Waals surface area contributed by atoms with Gasteiger partial charge in [-0.2, -0.15) is 0 Å². The van der Waals surface area contributed by atoms with E-state index in [4.69, 9.17) is 0 Å². The molecule has 0 amide bonds. The van der Waals surface area contributed by atoms with Crippen LogP contribution in [0.15, 0.2) is 23.3 Å². The van der Waals surface area contributed by atoms with E-state index in [1.807, 2.05) is 6.92 Å². The Hall–Kier alpha value is -0.600. The first-order valence-electron chi connectivity index (χ1n) is 5.84. The van der Waals surface area contributed by atoms with Gasteiger partial charge in [0.05, 0.1) is 13.2 Å². The standard InChI is InChI=1S/C13H20O2/c1-13(9-15)7-6-10-4-2-3-5-11(10)12(13)8-14/h6-7,12,14-15H,2-5,8-9H2,1H3/t12-,13-/m1/s1. The van der Waals surface area contributed by atoms with Gasteiger partial charge >= 0.3 is 0 Å². The molecular weight excluding hydrogens is 188 g/mol. The van der Waals surface area contributed by atoms with Gasteiger partial charge in [0, 0.05) is 11.3 Å². The molecule has 2 rings (SSSR count). The summed E-state index contributed by atoms with van der Waals surface area (Å²) in [7, 11) is 0. The van der Waals surface area contributed by atoms with Gasteiger partial charge in [-0.1, -0.05) is 24.6 Å². The molecule has 2 nitrogen and oxygen atoms in total. The predicted octanol–water partition coefficient (Wildman–Crippen LogP) is 2.03. The third kappa shape index (κ3) is 1.77. The fraction of sp³-hybridized carbons (Fsp3) is 0.692. The largest absolute Gasteiger partial charge is 0.396 e. The minimum Gasteiger partial charge on any atom is -0.396 e. The van der Waals surface area contributed by atoms with Crippen LogP contribution in [-0.2, 0) is 0 Å². The Labute approximate surface area is 91.3 Å². The average Bonchev–Trinajstić information content (AvgIpc) is 2.29. The van der Waals surface area contributed by atoms with Crippen LogP contribution in [0.5, 0.6) is 0 Å². The molecule has 2 aliphatic carbocycles. The van der Waals surface area contributed by atoms with E-state index in [9.17, 15) is 10.2 Å². The van der Waals surface area contributed by atoms with E-state index in [-0.39, 0.29) is 24.5 Å². The molecule has 15 heavy (non-hydrogen) atoms. The summed E-state index contributed by atoms with van der Waals surface area (Å²) in [5.74, 6) is 0.128. The van der Waals surface area contributed by atoms with E-state index in [2.05, 4.69) is 12.2 Å². The Morgan fingerprint density at radius 2 is 2.07 bits per heavy atom. The Bertz CT molecular complexity index is 304. The molecule has 2 atom stereocenters. The molecule has 2 heteroatoms. The first kappa shape index (κ1) is 10.9. The monoisotopic (exact) mass is 208 g/mol. The van der Waals surface area contributed by atoms with E-state index >= 15 is 0 Å².